The third-order valence-electron chi connectivity index (χ3n) is 7.12. The lowest BCUT2D eigenvalue weighted by Crippen LogP contribution is -2.15. The fraction of sp³-hybridized carbons (Fsp3) is 0.250. The van der Waals surface area contributed by atoms with Crippen LogP contribution in [0.5, 0.6) is 11.5 Å². The summed E-state index contributed by atoms with van der Waals surface area (Å²) in [5.41, 5.74) is 7.67. The summed E-state index contributed by atoms with van der Waals surface area (Å²) < 4.78 is 16.2. The molecule has 0 saturated heterocycles. The maximum atomic E-state index is 6.14. The molecule has 1 aliphatic rings. The van der Waals surface area contributed by atoms with E-state index in [4.69, 9.17) is 26.8 Å². The second-order valence-corrected chi connectivity index (χ2v) is 10.3. The van der Waals surface area contributed by atoms with E-state index >= 15 is 0 Å². The first-order valence-electron chi connectivity index (χ1n) is 13.5. The van der Waals surface area contributed by atoms with Gasteiger partial charge >= 0.3 is 0 Å². The molecule has 198 valence electrons. The van der Waals surface area contributed by atoms with Gasteiger partial charge in [-0.25, -0.2) is 4.52 Å². The molecular formula is C32H32N4O2S. The molecule has 39 heavy (non-hydrogen) atoms. The van der Waals surface area contributed by atoms with E-state index in [0.29, 0.717) is 18.2 Å². The highest BCUT2D eigenvalue weighted by Crippen LogP contribution is 2.38. The van der Waals surface area contributed by atoms with Crippen molar-refractivity contribution in [2.75, 3.05) is 11.9 Å². The van der Waals surface area contributed by atoms with Gasteiger partial charge in [-0.15, -0.1) is 5.10 Å². The van der Waals surface area contributed by atoms with Gasteiger partial charge in [-0.1, -0.05) is 54.7 Å². The third kappa shape index (κ3) is 5.02. The van der Waals surface area contributed by atoms with E-state index in [9.17, 15) is 0 Å². The van der Waals surface area contributed by atoms with Crippen molar-refractivity contribution in [3.63, 3.8) is 0 Å². The Labute approximate surface area is 234 Å². The van der Waals surface area contributed by atoms with Crippen LogP contribution in [0.1, 0.15) is 42.4 Å². The number of hydrogen-bond donors (Lipinski definition) is 1. The van der Waals surface area contributed by atoms with Gasteiger partial charge in [-0.2, -0.15) is 0 Å². The molecule has 5 aromatic rings. The number of nitrogens with zero attached hydrogens (tertiary/aromatic N) is 3. The van der Waals surface area contributed by atoms with E-state index in [1.807, 2.05) is 66.0 Å². The van der Waals surface area contributed by atoms with Crippen molar-refractivity contribution >= 4 is 28.5 Å². The zero-order chi connectivity index (χ0) is 26.8. The predicted molar refractivity (Wildman–Crippen MR) is 160 cm³/mol. The Balaban J connectivity index is 1.49. The average molecular weight is 537 g/mol. The molecule has 0 saturated carbocycles. The van der Waals surface area contributed by atoms with E-state index in [-0.39, 0.29) is 0 Å². The minimum atomic E-state index is 0.390. The summed E-state index contributed by atoms with van der Waals surface area (Å²) in [5.74, 6) is 2.59. The van der Waals surface area contributed by atoms with Gasteiger partial charge in [0, 0.05) is 23.4 Å². The van der Waals surface area contributed by atoms with Gasteiger partial charge in [0.15, 0.2) is 5.82 Å². The molecule has 3 aromatic carbocycles. The second-order valence-electron chi connectivity index (χ2n) is 9.85. The molecule has 0 amide bonds. The summed E-state index contributed by atoms with van der Waals surface area (Å²) in [4.78, 5) is 0.645. The van der Waals surface area contributed by atoms with Crippen LogP contribution in [0, 0.1) is 6.92 Å². The highest BCUT2D eigenvalue weighted by molar-refractivity contribution is 7.81. The smallest absolute Gasteiger partial charge is 0.169 e. The van der Waals surface area contributed by atoms with Crippen LogP contribution in [0.15, 0.2) is 78.9 Å². The minimum Gasteiger partial charge on any atom is -0.494 e. The zero-order valence-corrected chi connectivity index (χ0v) is 23.1. The van der Waals surface area contributed by atoms with E-state index in [0.717, 1.165) is 71.3 Å². The molecule has 0 fully saturated rings. The van der Waals surface area contributed by atoms with Crippen molar-refractivity contribution in [1.29, 1.82) is 0 Å². The minimum absolute atomic E-state index is 0.390. The number of rotatable bonds is 8. The Bertz CT molecular complexity index is 1620. The largest absolute Gasteiger partial charge is 0.494 e. The molecule has 6 rings (SSSR count). The summed E-state index contributed by atoms with van der Waals surface area (Å²) in [6.07, 6.45) is 3.15. The molecule has 2 aromatic heterocycles. The molecule has 1 aliphatic heterocycles. The lowest BCUT2D eigenvalue weighted by molar-refractivity contribution is 0.288. The van der Waals surface area contributed by atoms with Crippen molar-refractivity contribution in [3.05, 3.63) is 102 Å². The summed E-state index contributed by atoms with van der Waals surface area (Å²) in [7, 11) is 0. The van der Waals surface area contributed by atoms with Crippen LogP contribution < -0.4 is 14.8 Å². The summed E-state index contributed by atoms with van der Waals surface area (Å²) in [6, 6.07) is 26.5. The van der Waals surface area contributed by atoms with Crippen LogP contribution in [0.2, 0.25) is 0 Å². The number of aromatic nitrogens is 3. The van der Waals surface area contributed by atoms with Crippen LogP contribution in [-0.4, -0.2) is 25.8 Å². The van der Waals surface area contributed by atoms with Gasteiger partial charge in [0.1, 0.15) is 34.4 Å². The van der Waals surface area contributed by atoms with Crippen molar-refractivity contribution in [2.45, 2.75) is 46.3 Å². The first kappa shape index (κ1) is 25.2. The zero-order valence-electron chi connectivity index (χ0n) is 22.3. The quantitative estimate of drug-likeness (QED) is 0.212. The van der Waals surface area contributed by atoms with E-state index in [1.54, 1.807) is 0 Å². The number of nitrogens with one attached hydrogen (secondary N) is 1. The highest BCUT2D eigenvalue weighted by Gasteiger charge is 2.29. The van der Waals surface area contributed by atoms with Gasteiger partial charge < -0.3 is 19.4 Å². The maximum absolute atomic E-state index is 6.14. The van der Waals surface area contributed by atoms with Crippen molar-refractivity contribution in [2.24, 2.45) is 0 Å². The average Bonchev–Trinajstić information content (AvgIpc) is 3.35. The highest BCUT2D eigenvalue weighted by atomic mass is 32.1. The molecule has 0 atom stereocenters. The Hall–Kier alpha value is -4.10. The number of benzene rings is 3. The number of para-hydroxylation sites is 1. The Morgan fingerprint density at radius 3 is 2.51 bits per heavy atom. The molecule has 0 aliphatic carbocycles. The van der Waals surface area contributed by atoms with Crippen LogP contribution in [0.25, 0.3) is 16.8 Å². The molecule has 0 unspecified atom stereocenters. The number of ether oxygens (including phenoxy) is 2. The SMILES string of the molecule is CCOc1ccc(-c2c3c4n(c(COc5ccccc5)nn4c2C(=S)Nc2cccc(C)c2)CCCC3)cc1. The molecule has 7 heteroatoms. The lowest BCUT2D eigenvalue weighted by Gasteiger charge is -2.13. The van der Waals surface area contributed by atoms with E-state index in [2.05, 4.69) is 41.1 Å². The van der Waals surface area contributed by atoms with Gasteiger partial charge in [-0.05, 0) is 80.6 Å². The summed E-state index contributed by atoms with van der Waals surface area (Å²) in [5, 5.41) is 8.62. The Morgan fingerprint density at radius 1 is 0.949 bits per heavy atom. The molecule has 1 N–H and O–H groups in total. The Kier molecular flexibility index (Phi) is 7.07. The predicted octanol–water partition coefficient (Wildman–Crippen LogP) is 7.21. The number of thiocarbonyl (C=S) groups is 1. The summed E-state index contributed by atoms with van der Waals surface area (Å²) >= 11 is 6.10. The number of anilines is 1. The molecule has 0 spiro atoms. The Morgan fingerprint density at radius 2 is 1.74 bits per heavy atom. The molecule has 0 radical (unpaired) electrons. The van der Waals surface area contributed by atoms with Gasteiger partial charge in [0.2, 0.25) is 0 Å². The fourth-order valence-corrected chi connectivity index (χ4v) is 5.70. The van der Waals surface area contributed by atoms with E-state index < -0.39 is 0 Å². The number of hydrogen-bond acceptors (Lipinski definition) is 4. The topological polar surface area (TPSA) is 52.7 Å². The molecule has 3 heterocycles. The van der Waals surface area contributed by atoms with Crippen LogP contribution >= 0.6 is 12.2 Å². The third-order valence-corrected chi connectivity index (χ3v) is 7.41. The first-order chi connectivity index (χ1) is 19.1. The maximum Gasteiger partial charge on any atom is 0.169 e. The van der Waals surface area contributed by atoms with Gasteiger partial charge in [0.05, 0.1) is 6.61 Å². The first-order valence-corrected chi connectivity index (χ1v) is 13.9. The van der Waals surface area contributed by atoms with Crippen LogP contribution in [0.4, 0.5) is 5.69 Å². The standard InChI is InChI=1S/C32H32N4O2S/c1-3-37-26-17-15-23(16-18-26)29-27-14-7-8-19-35-28(21-38-25-12-5-4-6-13-25)34-36(32(27)35)30(29)31(39)33-24-11-9-10-22(2)20-24/h4-6,9-13,15-18,20H,3,7-8,14,19,21H2,1-2H3,(H,33,39). The van der Waals surface area contributed by atoms with Crippen molar-refractivity contribution < 1.29 is 9.47 Å². The van der Waals surface area contributed by atoms with Crippen molar-refractivity contribution in [3.8, 4) is 22.6 Å². The molecule has 0 bridgehead atoms. The fourth-order valence-electron chi connectivity index (χ4n) is 5.39. The second kappa shape index (κ2) is 10.9. The van der Waals surface area contributed by atoms with Gasteiger partial charge in [0.25, 0.3) is 0 Å². The van der Waals surface area contributed by atoms with Crippen LogP contribution in [0.3, 0.4) is 0 Å². The van der Waals surface area contributed by atoms with Crippen LogP contribution in [-0.2, 0) is 19.6 Å². The molecular weight excluding hydrogens is 504 g/mol. The van der Waals surface area contributed by atoms with Crippen molar-refractivity contribution in [1.82, 2.24) is 14.2 Å². The van der Waals surface area contributed by atoms with Gasteiger partial charge in [-0.3, -0.25) is 0 Å². The monoisotopic (exact) mass is 536 g/mol. The van der Waals surface area contributed by atoms with E-state index in [1.165, 1.54) is 11.1 Å². The lowest BCUT2D eigenvalue weighted by atomic mass is 9.98. The molecule has 6 nitrogen and oxygen atoms in total. The number of aryl methyl sites for hydroxylation is 3. The normalized spacial score (nSPS) is 12.8. The summed E-state index contributed by atoms with van der Waals surface area (Å²) in [6.45, 7) is 6.01.